The maximum atomic E-state index is 13.3. The van der Waals surface area contributed by atoms with E-state index < -0.39 is 24.2 Å². The van der Waals surface area contributed by atoms with Gasteiger partial charge in [0.15, 0.2) is 11.6 Å². The molecule has 2 aromatic carbocycles. The van der Waals surface area contributed by atoms with Gasteiger partial charge >= 0.3 is 5.97 Å². The summed E-state index contributed by atoms with van der Waals surface area (Å²) in [7, 11) is 1.22. The molecule has 0 heterocycles. The molecule has 1 N–H and O–H groups in total. The van der Waals surface area contributed by atoms with Crippen LogP contribution in [0.5, 0.6) is 0 Å². The van der Waals surface area contributed by atoms with Crippen LogP contribution >= 0.6 is 0 Å². The highest BCUT2D eigenvalue weighted by Gasteiger charge is 2.08. The molecule has 3 nitrogen and oxygen atoms in total. The largest absolute Gasteiger partial charge is 0.467 e. The van der Waals surface area contributed by atoms with Crippen LogP contribution in [0.3, 0.4) is 0 Å². The molecule has 0 amide bonds. The van der Waals surface area contributed by atoms with Gasteiger partial charge in [0.2, 0.25) is 0 Å². The lowest BCUT2D eigenvalue weighted by Crippen LogP contribution is -2.04. The van der Waals surface area contributed by atoms with Crippen LogP contribution in [0.1, 0.15) is 0 Å². The van der Waals surface area contributed by atoms with Gasteiger partial charge in [0.05, 0.1) is 7.11 Å². The van der Waals surface area contributed by atoms with E-state index in [1.807, 2.05) is 6.07 Å². The van der Waals surface area contributed by atoms with E-state index in [0.717, 1.165) is 6.07 Å². The van der Waals surface area contributed by atoms with Gasteiger partial charge in [0.1, 0.15) is 6.61 Å². The lowest BCUT2D eigenvalue weighted by atomic mass is 10.1. The number of esters is 1. The Bertz CT molecular complexity index is 550. The van der Waals surface area contributed by atoms with Gasteiger partial charge in [-0.1, -0.05) is 42.5 Å². The van der Waals surface area contributed by atoms with E-state index in [1.165, 1.54) is 13.2 Å². The molecule has 2 aromatic rings. The molecule has 106 valence electrons. The molecule has 0 saturated heterocycles. The average Bonchev–Trinajstić information content (AvgIpc) is 2.50. The number of aliphatic hydroxyl groups is 1. The lowest BCUT2D eigenvalue weighted by Gasteiger charge is -2.02. The van der Waals surface area contributed by atoms with Crippen molar-refractivity contribution in [1.29, 1.82) is 0 Å². The lowest BCUT2D eigenvalue weighted by molar-refractivity contribution is -0.143. The van der Waals surface area contributed by atoms with Crippen molar-refractivity contribution in [3.05, 3.63) is 60.2 Å². The molecule has 20 heavy (non-hydrogen) atoms. The molecular formula is C15H14F2O3. The highest BCUT2D eigenvalue weighted by atomic mass is 19.2. The van der Waals surface area contributed by atoms with Crippen molar-refractivity contribution in [1.82, 2.24) is 0 Å². The quantitative estimate of drug-likeness (QED) is 0.860. The third-order valence-corrected chi connectivity index (χ3v) is 2.39. The zero-order valence-electron chi connectivity index (χ0n) is 10.8. The molecule has 0 bridgehead atoms. The summed E-state index contributed by atoms with van der Waals surface area (Å²) in [5.41, 5.74) is 0.982. The number of aliphatic hydroxyl groups excluding tert-OH is 1. The Morgan fingerprint density at radius 3 is 2.25 bits per heavy atom. The number of halogens is 2. The molecule has 5 heteroatoms. The summed E-state index contributed by atoms with van der Waals surface area (Å²) >= 11 is 0. The van der Waals surface area contributed by atoms with E-state index >= 15 is 0 Å². The second-order valence-electron chi connectivity index (χ2n) is 3.70. The summed E-state index contributed by atoms with van der Waals surface area (Å²) in [5, 5.41) is 7.86. The molecule has 0 fully saturated rings. The van der Waals surface area contributed by atoms with Crippen molar-refractivity contribution >= 4 is 5.97 Å². The molecule has 0 atom stereocenters. The molecule has 0 aromatic heterocycles. The Labute approximate surface area is 115 Å². The van der Waals surface area contributed by atoms with E-state index in [2.05, 4.69) is 4.74 Å². The maximum Gasteiger partial charge on any atom is 0.331 e. The van der Waals surface area contributed by atoms with E-state index in [1.54, 1.807) is 30.3 Å². The Balaban J connectivity index is 0.000000286. The SMILES string of the molecule is COC(=O)CO.Fc1cccc(-c2ccccc2)c1F. The van der Waals surface area contributed by atoms with Crippen LogP contribution < -0.4 is 0 Å². The average molecular weight is 280 g/mol. The van der Waals surface area contributed by atoms with Crippen molar-refractivity contribution in [2.75, 3.05) is 13.7 Å². The Kier molecular flexibility index (Phi) is 6.32. The van der Waals surface area contributed by atoms with E-state index in [-0.39, 0.29) is 0 Å². The van der Waals surface area contributed by atoms with Crippen molar-refractivity contribution < 1.29 is 23.4 Å². The number of carbonyl (C=O) groups is 1. The van der Waals surface area contributed by atoms with Gasteiger partial charge in [0, 0.05) is 5.56 Å². The maximum absolute atomic E-state index is 13.3. The van der Waals surface area contributed by atoms with Crippen molar-refractivity contribution in [2.24, 2.45) is 0 Å². The van der Waals surface area contributed by atoms with Gasteiger partial charge in [-0.15, -0.1) is 0 Å². The first-order valence-corrected chi connectivity index (χ1v) is 5.77. The van der Waals surface area contributed by atoms with Crippen LogP contribution in [0.2, 0.25) is 0 Å². The van der Waals surface area contributed by atoms with E-state index in [4.69, 9.17) is 5.11 Å². The monoisotopic (exact) mass is 280 g/mol. The molecule has 0 radical (unpaired) electrons. The van der Waals surface area contributed by atoms with Crippen LogP contribution in [-0.2, 0) is 9.53 Å². The first kappa shape index (κ1) is 15.8. The van der Waals surface area contributed by atoms with E-state index in [9.17, 15) is 13.6 Å². The second kappa shape index (κ2) is 8.01. The van der Waals surface area contributed by atoms with Crippen LogP contribution in [-0.4, -0.2) is 24.8 Å². The third-order valence-electron chi connectivity index (χ3n) is 2.39. The topological polar surface area (TPSA) is 46.5 Å². The standard InChI is InChI=1S/C12H8F2.C3H6O3/c13-11-8-4-7-10(12(11)14)9-5-2-1-3-6-9;1-6-3(5)2-4/h1-8H;4H,2H2,1H3. The summed E-state index contributed by atoms with van der Waals surface area (Å²) in [6.45, 7) is -0.531. The van der Waals surface area contributed by atoms with E-state index in [0.29, 0.717) is 11.1 Å². The molecule has 0 saturated carbocycles. The van der Waals surface area contributed by atoms with Gasteiger partial charge in [-0.2, -0.15) is 0 Å². The molecule has 2 rings (SSSR count). The number of benzene rings is 2. The molecule has 0 unspecified atom stereocenters. The number of methoxy groups -OCH3 is 1. The van der Waals surface area contributed by atoms with Gasteiger partial charge in [-0.3, -0.25) is 0 Å². The van der Waals surface area contributed by atoms with Gasteiger partial charge in [-0.05, 0) is 11.6 Å². The minimum absolute atomic E-state index is 0.297. The zero-order valence-corrected chi connectivity index (χ0v) is 10.8. The molecule has 0 spiro atoms. The number of ether oxygens (including phenoxy) is 1. The number of hydrogen-bond acceptors (Lipinski definition) is 3. The van der Waals surface area contributed by atoms with Crippen molar-refractivity contribution in [2.45, 2.75) is 0 Å². The molecule has 0 aliphatic rings. The van der Waals surface area contributed by atoms with Gasteiger partial charge in [-0.25, -0.2) is 13.6 Å². The van der Waals surface area contributed by atoms with Gasteiger partial charge < -0.3 is 9.84 Å². The summed E-state index contributed by atoms with van der Waals surface area (Å²) < 4.78 is 30.2. The first-order chi connectivity index (χ1) is 9.60. The minimum Gasteiger partial charge on any atom is -0.467 e. The highest BCUT2D eigenvalue weighted by Crippen LogP contribution is 2.23. The predicted octanol–water partition coefficient (Wildman–Crippen LogP) is 2.78. The Morgan fingerprint density at radius 1 is 1.10 bits per heavy atom. The van der Waals surface area contributed by atoms with Crippen LogP contribution in [0.25, 0.3) is 11.1 Å². The van der Waals surface area contributed by atoms with Crippen molar-refractivity contribution in [3.8, 4) is 11.1 Å². The minimum atomic E-state index is -0.814. The Morgan fingerprint density at radius 2 is 1.75 bits per heavy atom. The molecule has 0 aliphatic carbocycles. The first-order valence-electron chi connectivity index (χ1n) is 5.77. The summed E-state index contributed by atoms with van der Waals surface area (Å²) in [6, 6.07) is 13.1. The highest BCUT2D eigenvalue weighted by molar-refractivity contribution is 5.70. The third kappa shape index (κ3) is 4.44. The Hall–Kier alpha value is -2.27. The predicted molar refractivity (Wildman–Crippen MR) is 70.9 cm³/mol. The summed E-state index contributed by atoms with van der Waals surface area (Å²) in [4.78, 5) is 9.71. The smallest absolute Gasteiger partial charge is 0.331 e. The van der Waals surface area contributed by atoms with Crippen LogP contribution in [0, 0.1) is 11.6 Å². The zero-order chi connectivity index (χ0) is 15.0. The molecular weight excluding hydrogens is 266 g/mol. The fourth-order valence-corrected chi connectivity index (χ4v) is 1.41. The summed E-state index contributed by atoms with van der Waals surface area (Å²) in [5.74, 6) is -2.21. The molecule has 0 aliphatic heterocycles. The van der Waals surface area contributed by atoms with Crippen LogP contribution in [0.15, 0.2) is 48.5 Å². The summed E-state index contributed by atoms with van der Waals surface area (Å²) in [6.07, 6.45) is 0. The van der Waals surface area contributed by atoms with Crippen LogP contribution in [0.4, 0.5) is 8.78 Å². The van der Waals surface area contributed by atoms with Crippen molar-refractivity contribution in [3.63, 3.8) is 0 Å². The fraction of sp³-hybridized carbons (Fsp3) is 0.133. The van der Waals surface area contributed by atoms with Gasteiger partial charge in [0.25, 0.3) is 0 Å². The number of carbonyl (C=O) groups excluding carboxylic acids is 1. The normalized spacial score (nSPS) is 9.40. The second-order valence-corrected chi connectivity index (χ2v) is 3.70. The number of rotatable bonds is 2. The fourth-order valence-electron chi connectivity index (χ4n) is 1.41. The number of hydrogen-bond donors (Lipinski definition) is 1.